The molecule has 1 N–H and O–H groups in total. The monoisotopic (exact) mass is 556 g/mol. The maximum Gasteiger partial charge on any atom is 0.320 e. The van der Waals surface area contributed by atoms with Crippen LogP contribution in [0.5, 0.6) is 5.75 Å². The molecule has 2 fully saturated rings. The van der Waals surface area contributed by atoms with Crippen LogP contribution >= 0.6 is 0 Å². The molecule has 1 saturated carbocycles. The van der Waals surface area contributed by atoms with Gasteiger partial charge < -0.3 is 24.1 Å². The second-order valence-corrected chi connectivity index (χ2v) is 12.7. The number of benzene rings is 1. The van der Waals surface area contributed by atoms with E-state index in [1.165, 1.54) is 0 Å². The van der Waals surface area contributed by atoms with Gasteiger partial charge in [0, 0.05) is 18.9 Å². The zero-order chi connectivity index (χ0) is 29.4. The zero-order valence-electron chi connectivity index (χ0n) is 24.7. The molecule has 0 amide bonds. The summed E-state index contributed by atoms with van der Waals surface area (Å²) in [6.07, 6.45) is 4.29. The van der Waals surface area contributed by atoms with Crippen molar-refractivity contribution in [1.29, 1.82) is 0 Å². The first-order chi connectivity index (χ1) is 18.8. The van der Waals surface area contributed by atoms with E-state index in [0.717, 1.165) is 12.0 Å². The first kappa shape index (κ1) is 30.3. The molecule has 1 spiro atoms. The van der Waals surface area contributed by atoms with Crippen molar-refractivity contribution in [3.63, 3.8) is 0 Å². The lowest BCUT2D eigenvalue weighted by atomic mass is 9.55. The number of phenols is 1. The molecular formula is C32H44O8. The Morgan fingerprint density at radius 3 is 2.52 bits per heavy atom. The molecule has 1 aliphatic carbocycles. The van der Waals surface area contributed by atoms with E-state index in [2.05, 4.69) is 19.9 Å². The minimum Gasteiger partial charge on any atom is -0.508 e. The SMILES string of the molecule is CO[C@@H](CC[C@H](C)C1O[C@@]2(C=C[C@@H]1C)[C@H](C(=O)O[C@@H]1CC(=O)O[C@@H]1C)C(=O)[C@H](C)CC2(C)C)c1cccc(O)c1. The maximum absolute atomic E-state index is 13.8. The van der Waals surface area contributed by atoms with Crippen molar-refractivity contribution in [2.24, 2.45) is 29.1 Å². The van der Waals surface area contributed by atoms with Crippen molar-refractivity contribution in [3.8, 4) is 5.75 Å². The Hall–Kier alpha value is -2.71. The average Bonchev–Trinajstić information content (AvgIpc) is 3.20. The summed E-state index contributed by atoms with van der Waals surface area (Å²) in [5, 5.41) is 9.92. The van der Waals surface area contributed by atoms with Crippen molar-refractivity contribution in [3.05, 3.63) is 42.0 Å². The Morgan fingerprint density at radius 1 is 1.18 bits per heavy atom. The molecule has 0 aromatic heterocycles. The summed E-state index contributed by atoms with van der Waals surface area (Å²) in [6, 6.07) is 7.09. The van der Waals surface area contributed by atoms with E-state index in [9.17, 15) is 19.5 Å². The molecular weight excluding hydrogens is 512 g/mol. The fraction of sp³-hybridized carbons (Fsp3) is 0.656. The summed E-state index contributed by atoms with van der Waals surface area (Å²) in [6.45, 7) is 11.8. The Balaban J connectivity index is 1.58. The second-order valence-electron chi connectivity index (χ2n) is 12.7. The summed E-state index contributed by atoms with van der Waals surface area (Å²) in [7, 11) is 1.66. The van der Waals surface area contributed by atoms with Crippen LogP contribution in [0.15, 0.2) is 36.4 Å². The predicted octanol–water partition coefficient (Wildman–Crippen LogP) is 5.32. The number of carbonyl (C=O) groups is 3. The lowest BCUT2D eigenvalue weighted by molar-refractivity contribution is -0.218. The molecule has 8 heteroatoms. The highest BCUT2D eigenvalue weighted by molar-refractivity contribution is 6.03. The van der Waals surface area contributed by atoms with Gasteiger partial charge in [0.15, 0.2) is 5.78 Å². The molecule has 9 atom stereocenters. The quantitative estimate of drug-likeness (QED) is 0.260. The van der Waals surface area contributed by atoms with E-state index in [0.29, 0.717) is 12.8 Å². The van der Waals surface area contributed by atoms with Gasteiger partial charge in [-0.2, -0.15) is 0 Å². The highest BCUT2D eigenvalue weighted by Gasteiger charge is 2.63. The van der Waals surface area contributed by atoms with Gasteiger partial charge in [0.25, 0.3) is 0 Å². The van der Waals surface area contributed by atoms with E-state index >= 15 is 0 Å². The Bertz CT molecular complexity index is 1140. The van der Waals surface area contributed by atoms with Gasteiger partial charge in [-0.1, -0.05) is 58.9 Å². The summed E-state index contributed by atoms with van der Waals surface area (Å²) in [5.41, 5.74) is -0.816. The molecule has 2 aliphatic heterocycles. The summed E-state index contributed by atoms with van der Waals surface area (Å²) < 4.78 is 23.7. The first-order valence-electron chi connectivity index (χ1n) is 14.4. The number of carbonyl (C=O) groups excluding carboxylic acids is 3. The number of ether oxygens (including phenoxy) is 4. The van der Waals surface area contributed by atoms with E-state index in [4.69, 9.17) is 18.9 Å². The van der Waals surface area contributed by atoms with Crippen molar-refractivity contribution >= 4 is 17.7 Å². The van der Waals surface area contributed by atoms with E-state index < -0.39 is 41.1 Å². The van der Waals surface area contributed by atoms with Crippen LogP contribution < -0.4 is 0 Å². The van der Waals surface area contributed by atoms with Crippen LogP contribution in [0.3, 0.4) is 0 Å². The van der Waals surface area contributed by atoms with Gasteiger partial charge in [-0.3, -0.25) is 14.4 Å². The number of rotatable bonds is 8. The number of phenolic OH excluding ortho intramolecular Hbond substituents is 1. The van der Waals surface area contributed by atoms with Crippen LogP contribution in [0, 0.1) is 29.1 Å². The second kappa shape index (κ2) is 11.6. The normalized spacial score (nSPS) is 34.9. The topological polar surface area (TPSA) is 108 Å². The molecule has 1 aromatic rings. The Morgan fingerprint density at radius 2 is 1.90 bits per heavy atom. The number of hydrogen-bond acceptors (Lipinski definition) is 8. The van der Waals surface area contributed by atoms with Gasteiger partial charge in [-0.15, -0.1) is 0 Å². The summed E-state index contributed by atoms with van der Waals surface area (Å²) in [4.78, 5) is 39.2. The number of hydrogen-bond donors (Lipinski definition) is 1. The minimum absolute atomic E-state index is 0.0208. The molecule has 40 heavy (non-hydrogen) atoms. The third-order valence-electron chi connectivity index (χ3n) is 9.25. The lowest BCUT2D eigenvalue weighted by Gasteiger charge is -2.56. The Kier molecular flexibility index (Phi) is 8.81. The van der Waals surface area contributed by atoms with Gasteiger partial charge in [0.2, 0.25) is 0 Å². The van der Waals surface area contributed by atoms with Crippen LogP contribution in [0.4, 0.5) is 0 Å². The van der Waals surface area contributed by atoms with Crippen LogP contribution in [-0.4, -0.2) is 53.9 Å². The fourth-order valence-corrected chi connectivity index (χ4v) is 6.90. The molecule has 220 valence electrons. The largest absolute Gasteiger partial charge is 0.508 e. The number of ketones is 1. The van der Waals surface area contributed by atoms with Crippen molar-refractivity contribution in [1.82, 2.24) is 0 Å². The number of aromatic hydroxyl groups is 1. The molecule has 2 heterocycles. The number of esters is 2. The highest BCUT2D eigenvalue weighted by atomic mass is 16.6. The molecule has 3 aliphatic rings. The molecule has 8 nitrogen and oxygen atoms in total. The smallest absolute Gasteiger partial charge is 0.320 e. The number of cyclic esters (lactones) is 1. The third-order valence-corrected chi connectivity index (χ3v) is 9.25. The molecule has 1 saturated heterocycles. The van der Waals surface area contributed by atoms with Crippen LogP contribution in [0.1, 0.15) is 78.9 Å². The van der Waals surface area contributed by atoms with Gasteiger partial charge >= 0.3 is 11.9 Å². The summed E-state index contributed by atoms with van der Waals surface area (Å²) >= 11 is 0. The summed E-state index contributed by atoms with van der Waals surface area (Å²) in [5.74, 6) is -2.42. The molecule has 1 aromatic carbocycles. The molecule has 4 rings (SSSR count). The van der Waals surface area contributed by atoms with E-state index in [1.54, 1.807) is 32.2 Å². The number of methoxy groups -OCH3 is 1. The molecule has 0 bridgehead atoms. The van der Waals surface area contributed by atoms with Crippen molar-refractivity contribution in [2.75, 3.05) is 7.11 Å². The lowest BCUT2D eigenvalue weighted by Crippen LogP contribution is -2.65. The van der Waals surface area contributed by atoms with Gasteiger partial charge in [-0.25, -0.2) is 0 Å². The fourth-order valence-electron chi connectivity index (χ4n) is 6.90. The highest BCUT2D eigenvalue weighted by Crippen LogP contribution is 2.54. The predicted molar refractivity (Wildman–Crippen MR) is 148 cm³/mol. The Labute approximate surface area is 237 Å². The van der Waals surface area contributed by atoms with E-state index in [-0.39, 0.29) is 47.9 Å². The van der Waals surface area contributed by atoms with Crippen LogP contribution in [-0.2, 0) is 33.3 Å². The number of Topliss-reactive ketones (excluding diaryl/α,β-unsaturated/α-hetero) is 1. The first-order valence-corrected chi connectivity index (χ1v) is 14.4. The average molecular weight is 557 g/mol. The third kappa shape index (κ3) is 5.70. The standard InChI is InChI=1S/C32H44O8/c1-18(11-12-24(37-7)22-9-8-10-23(33)15-22)29-19(2)13-14-32(40-29)27(28(35)20(3)17-31(32,5)6)30(36)39-25-16-26(34)38-21(25)4/h8-10,13-15,18-21,24-25,27,29,33H,11-12,16-17H2,1-7H3/t18-,19-,20+,21+,24-,25+,27-,29?,32-/m0/s1. The minimum atomic E-state index is -1.18. The van der Waals surface area contributed by atoms with Crippen molar-refractivity contribution in [2.45, 2.75) is 97.2 Å². The maximum atomic E-state index is 13.8. The zero-order valence-corrected chi connectivity index (χ0v) is 24.7. The van der Waals surface area contributed by atoms with Crippen molar-refractivity contribution < 1.29 is 38.4 Å². The van der Waals surface area contributed by atoms with Gasteiger partial charge in [0.1, 0.15) is 29.5 Å². The molecule has 0 radical (unpaired) electrons. The molecule has 1 unspecified atom stereocenters. The van der Waals surface area contributed by atoms with Crippen LogP contribution in [0.2, 0.25) is 0 Å². The van der Waals surface area contributed by atoms with Gasteiger partial charge in [0.05, 0.1) is 18.6 Å². The van der Waals surface area contributed by atoms with Gasteiger partial charge in [-0.05, 0) is 55.2 Å². The van der Waals surface area contributed by atoms with Crippen LogP contribution in [0.25, 0.3) is 0 Å². The van der Waals surface area contributed by atoms with E-state index in [1.807, 2.05) is 32.9 Å².